The van der Waals surface area contributed by atoms with Crippen LogP contribution in [0.2, 0.25) is 0 Å². The van der Waals surface area contributed by atoms with Crippen molar-refractivity contribution < 1.29 is 9.90 Å². The Morgan fingerprint density at radius 1 is 1.29 bits per heavy atom. The van der Waals surface area contributed by atoms with E-state index in [-0.39, 0.29) is 18.1 Å². The van der Waals surface area contributed by atoms with E-state index >= 15 is 0 Å². The van der Waals surface area contributed by atoms with Crippen LogP contribution < -0.4 is 5.32 Å². The Morgan fingerprint density at radius 3 is 2.48 bits per heavy atom. The average Bonchev–Trinajstić information content (AvgIpc) is 2.91. The SMILES string of the molecule is CC(C)(C)n1cc(C(=O)Nc2ccc(CCO)cc2)cn1. The standard InChI is InChI=1S/C16H21N3O2/c1-16(2,3)19-11-13(10-17-19)15(21)18-14-6-4-12(5-7-14)8-9-20/h4-7,10-11,20H,8-9H2,1-3H3,(H,18,21). The number of amides is 1. The number of aliphatic hydroxyl groups is 1. The summed E-state index contributed by atoms with van der Waals surface area (Å²) >= 11 is 0. The first-order chi connectivity index (χ1) is 9.90. The molecule has 5 heteroatoms. The van der Waals surface area contributed by atoms with E-state index in [1.165, 1.54) is 0 Å². The smallest absolute Gasteiger partial charge is 0.258 e. The normalized spacial score (nSPS) is 11.4. The number of aromatic nitrogens is 2. The lowest BCUT2D eigenvalue weighted by atomic mass is 10.1. The second-order valence-electron chi connectivity index (χ2n) is 5.97. The van der Waals surface area contributed by atoms with E-state index in [2.05, 4.69) is 10.4 Å². The minimum Gasteiger partial charge on any atom is -0.396 e. The number of hydrogen-bond donors (Lipinski definition) is 2. The molecule has 0 spiro atoms. The molecular weight excluding hydrogens is 266 g/mol. The van der Waals surface area contributed by atoms with Crippen LogP contribution in [-0.4, -0.2) is 27.4 Å². The van der Waals surface area contributed by atoms with Gasteiger partial charge in [0.2, 0.25) is 0 Å². The van der Waals surface area contributed by atoms with Gasteiger partial charge in [-0.2, -0.15) is 5.10 Å². The summed E-state index contributed by atoms with van der Waals surface area (Å²) < 4.78 is 1.77. The van der Waals surface area contributed by atoms with Gasteiger partial charge in [0.05, 0.1) is 17.3 Å². The van der Waals surface area contributed by atoms with E-state index in [0.717, 1.165) is 11.3 Å². The molecule has 2 N–H and O–H groups in total. The van der Waals surface area contributed by atoms with Crippen molar-refractivity contribution in [2.45, 2.75) is 32.7 Å². The second kappa shape index (κ2) is 6.10. The van der Waals surface area contributed by atoms with Crippen LogP contribution in [0.5, 0.6) is 0 Å². The summed E-state index contributed by atoms with van der Waals surface area (Å²) in [4.78, 5) is 12.2. The van der Waals surface area contributed by atoms with Crippen LogP contribution in [0.25, 0.3) is 0 Å². The highest BCUT2D eigenvalue weighted by Crippen LogP contribution is 2.15. The molecule has 0 aliphatic heterocycles. The van der Waals surface area contributed by atoms with Crippen molar-refractivity contribution in [3.8, 4) is 0 Å². The lowest BCUT2D eigenvalue weighted by Gasteiger charge is -2.18. The van der Waals surface area contributed by atoms with E-state index in [9.17, 15) is 4.79 Å². The largest absolute Gasteiger partial charge is 0.396 e. The van der Waals surface area contributed by atoms with E-state index < -0.39 is 0 Å². The first kappa shape index (κ1) is 15.3. The summed E-state index contributed by atoms with van der Waals surface area (Å²) in [7, 11) is 0. The van der Waals surface area contributed by atoms with Crippen molar-refractivity contribution in [1.82, 2.24) is 9.78 Å². The van der Waals surface area contributed by atoms with Gasteiger partial charge in [0.1, 0.15) is 0 Å². The van der Waals surface area contributed by atoms with Gasteiger partial charge >= 0.3 is 0 Å². The van der Waals surface area contributed by atoms with Crippen LogP contribution in [0.3, 0.4) is 0 Å². The zero-order valence-corrected chi connectivity index (χ0v) is 12.6. The molecule has 2 rings (SSSR count). The Hall–Kier alpha value is -2.14. The van der Waals surface area contributed by atoms with Gasteiger partial charge in [0.25, 0.3) is 5.91 Å². The van der Waals surface area contributed by atoms with Gasteiger partial charge in [0.15, 0.2) is 0 Å². The van der Waals surface area contributed by atoms with Gasteiger partial charge in [-0.15, -0.1) is 0 Å². The van der Waals surface area contributed by atoms with Gasteiger partial charge in [-0.05, 0) is 44.9 Å². The maximum absolute atomic E-state index is 12.2. The molecule has 21 heavy (non-hydrogen) atoms. The van der Waals surface area contributed by atoms with Crippen LogP contribution >= 0.6 is 0 Å². The minimum absolute atomic E-state index is 0.123. The molecule has 0 fully saturated rings. The monoisotopic (exact) mass is 287 g/mol. The van der Waals surface area contributed by atoms with Crippen molar-refractivity contribution in [2.75, 3.05) is 11.9 Å². The molecule has 1 aromatic carbocycles. The number of rotatable bonds is 4. The van der Waals surface area contributed by atoms with Gasteiger partial charge < -0.3 is 10.4 Å². The summed E-state index contributed by atoms with van der Waals surface area (Å²) in [5.41, 5.74) is 2.15. The number of benzene rings is 1. The number of hydrogen-bond acceptors (Lipinski definition) is 3. The van der Waals surface area contributed by atoms with Crippen molar-refractivity contribution in [2.24, 2.45) is 0 Å². The molecule has 5 nitrogen and oxygen atoms in total. The van der Waals surface area contributed by atoms with Crippen LogP contribution in [0.1, 0.15) is 36.7 Å². The van der Waals surface area contributed by atoms with Crippen LogP contribution in [0.15, 0.2) is 36.7 Å². The molecule has 0 saturated heterocycles. The molecule has 112 valence electrons. The molecule has 0 bridgehead atoms. The Morgan fingerprint density at radius 2 is 1.95 bits per heavy atom. The second-order valence-corrected chi connectivity index (χ2v) is 5.97. The molecule has 1 heterocycles. The molecule has 0 saturated carbocycles. The number of anilines is 1. The highest BCUT2D eigenvalue weighted by molar-refractivity contribution is 6.03. The fourth-order valence-corrected chi connectivity index (χ4v) is 1.89. The van der Waals surface area contributed by atoms with Crippen molar-refractivity contribution in [1.29, 1.82) is 0 Å². The van der Waals surface area contributed by atoms with E-state index in [4.69, 9.17) is 5.11 Å². The van der Waals surface area contributed by atoms with E-state index in [1.54, 1.807) is 17.1 Å². The lowest BCUT2D eigenvalue weighted by molar-refractivity contribution is 0.102. The summed E-state index contributed by atoms with van der Waals surface area (Å²) in [5.74, 6) is -0.180. The number of carbonyl (C=O) groups is 1. The number of nitrogens with zero attached hydrogens (tertiary/aromatic N) is 2. The summed E-state index contributed by atoms with van der Waals surface area (Å²) in [6, 6.07) is 7.45. The molecule has 1 aromatic heterocycles. The maximum Gasteiger partial charge on any atom is 0.258 e. The minimum atomic E-state index is -0.180. The summed E-state index contributed by atoms with van der Waals surface area (Å²) in [6.07, 6.45) is 3.93. The maximum atomic E-state index is 12.2. The van der Waals surface area contributed by atoms with Crippen LogP contribution in [-0.2, 0) is 12.0 Å². The predicted molar refractivity (Wildman–Crippen MR) is 82.4 cm³/mol. The lowest BCUT2D eigenvalue weighted by Crippen LogP contribution is -2.22. The molecule has 0 unspecified atom stereocenters. The van der Waals surface area contributed by atoms with Crippen molar-refractivity contribution in [3.63, 3.8) is 0 Å². The number of carbonyl (C=O) groups excluding carboxylic acids is 1. The first-order valence-corrected chi connectivity index (χ1v) is 6.96. The third-order valence-corrected chi connectivity index (χ3v) is 3.14. The molecule has 0 atom stereocenters. The first-order valence-electron chi connectivity index (χ1n) is 6.96. The van der Waals surface area contributed by atoms with Crippen LogP contribution in [0, 0.1) is 0 Å². The Balaban J connectivity index is 2.05. The fraction of sp³-hybridized carbons (Fsp3) is 0.375. The fourth-order valence-electron chi connectivity index (χ4n) is 1.89. The molecule has 0 aliphatic carbocycles. The molecular formula is C16H21N3O2. The van der Waals surface area contributed by atoms with Gasteiger partial charge in [-0.25, -0.2) is 0 Å². The van der Waals surface area contributed by atoms with Gasteiger partial charge in [0, 0.05) is 18.5 Å². The zero-order chi connectivity index (χ0) is 15.5. The molecule has 0 radical (unpaired) electrons. The number of aliphatic hydroxyl groups excluding tert-OH is 1. The topological polar surface area (TPSA) is 67.2 Å². The van der Waals surface area contributed by atoms with Crippen LogP contribution in [0.4, 0.5) is 5.69 Å². The third-order valence-electron chi connectivity index (χ3n) is 3.14. The molecule has 2 aromatic rings. The van der Waals surface area contributed by atoms with E-state index in [1.807, 2.05) is 45.0 Å². The Bertz CT molecular complexity index is 609. The van der Waals surface area contributed by atoms with Gasteiger partial charge in [-0.1, -0.05) is 12.1 Å². The zero-order valence-electron chi connectivity index (χ0n) is 12.6. The predicted octanol–water partition coefficient (Wildman–Crippen LogP) is 2.43. The molecule has 0 aliphatic rings. The summed E-state index contributed by atoms with van der Waals surface area (Å²) in [6.45, 7) is 6.21. The molecule has 1 amide bonds. The quantitative estimate of drug-likeness (QED) is 0.907. The third kappa shape index (κ3) is 3.92. The highest BCUT2D eigenvalue weighted by Gasteiger charge is 2.16. The van der Waals surface area contributed by atoms with Gasteiger partial charge in [-0.3, -0.25) is 9.48 Å². The number of nitrogens with one attached hydrogen (secondary N) is 1. The van der Waals surface area contributed by atoms with Crippen molar-refractivity contribution >= 4 is 11.6 Å². The Kier molecular flexibility index (Phi) is 4.43. The average molecular weight is 287 g/mol. The Labute approximate surface area is 124 Å². The highest BCUT2D eigenvalue weighted by atomic mass is 16.3. The van der Waals surface area contributed by atoms with Crippen molar-refractivity contribution in [3.05, 3.63) is 47.8 Å². The van der Waals surface area contributed by atoms with E-state index in [0.29, 0.717) is 12.0 Å². The summed E-state index contributed by atoms with van der Waals surface area (Å²) in [5, 5.41) is 15.9.